The second kappa shape index (κ2) is 34.3. The Labute approximate surface area is 840 Å². The molecule has 0 bridgehead atoms. The van der Waals surface area contributed by atoms with Gasteiger partial charge in [0.15, 0.2) is 0 Å². The lowest BCUT2D eigenvalue weighted by atomic mass is 9.67. The normalized spacial score (nSPS) is 14.9. The van der Waals surface area contributed by atoms with Crippen molar-refractivity contribution in [2.24, 2.45) is 0 Å². The van der Waals surface area contributed by atoms with E-state index in [1.807, 2.05) is 12.1 Å². The minimum Gasteiger partial charge on any atom is -1.00 e. The van der Waals surface area contributed by atoms with Gasteiger partial charge in [-0.15, -0.1) is 0 Å². The van der Waals surface area contributed by atoms with Crippen molar-refractivity contribution in [1.82, 2.24) is 0 Å². The summed E-state index contributed by atoms with van der Waals surface area (Å²) in [7, 11) is -0.474. The van der Waals surface area contributed by atoms with Crippen LogP contribution in [0.25, 0.3) is 122 Å². The molecule has 4 aliphatic carbocycles. The standard InChI is InChI=1S/C64H45NO.C37H31BO3.C33H26BrN.H/c1-63(2)56-26-14-12-23-51(56)53-38-37-49(39-58(53)63)65(47-33-29-43(30-34-47)42-17-6-3-7-18-42)48-35-31-44(32-36-48)50-25-16-28-60-62(50)55-40-54-52-24-13-15-27-57(52)64(45-19-8-4-9-20-45,46-21-10-5-11-22-46)59(54)41-61(55)66-60;1-35(2)36(3,4)41-38(40-35)31-20-13-21-32-34(31)28-22-27-26-18-11-12-19-29(26)37(24-14-7-5-8-15-24,25-16-9-6-10-17-25)30(27)23-33(28)39-32;1-33(2)31-11-7-6-10-29(31)30-21-20-28(22-32(30)33)35(27-18-14-25(34)15-19-27)26-16-12-24(13-17-26)23-8-4-3-5-9-23;/h3-41H,1-2H3;5-23H,1-4H3;3-22H,1-2H3;/q;;;-1/i;;;1+1. The number of hydrogen-bond donors (Lipinski definition) is 0. The molecule has 142 heavy (non-hydrogen) atoms. The maximum Gasteiger partial charge on any atom is 0.495 e. The Kier molecular flexibility index (Phi) is 21.1. The molecule has 1 fully saturated rings. The molecule has 0 spiro atoms. The van der Waals surface area contributed by atoms with Gasteiger partial charge in [-0.1, -0.05) is 395 Å². The first-order chi connectivity index (χ1) is 69.3. The van der Waals surface area contributed by atoms with Crippen LogP contribution in [0.5, 0.6) is 0 Å². The van der Waals surface area contributed by atoms with E-state index in [0.29, 0.717) is 0 Å². The van der Waals surface area contributed by atoms with Gasteiger partial charge in [0, 0.05) is 71.0 Å². The molecule has 0 saturated carbocycles. The molecule has 22 aromatic rings. The van der Waals surface area contributed by atoms with E-state index in [2.05, 4.69) is 542 Å². The van der Waals surface area contributed by atoms with Crippen LogP contribution < -0.4 is 15.3 Å². The van der Waals surface area contributed by atoms with Crippen molar-refractivity contribution in [3.05, 3.63) is 544 Å². The highest BCUT2D eigenvalue weighted by Crippen LogP contribution is 2.62. The molecule has 27 rings (SSSR count). The number of halogens is 1. The van der Waals surface area contributed by atoms with Crippen LogP contribution >= 0.6 is 15.9 Å². The number of fused-ring (bicyclic) bond motifs is 18. The van der Waals surface area contributed by atoms with Crippen LogP contribution in [0.2, 0.25) is 0 Å². The average molecular weight is 1900 g/mol. The Morgan fingerprint density at radius 2 is 0.514 bits per heavy atom. The van der Waals surface area contributed by atoms with E-state index >= 15 is 0 Å². The molecule has 3 heterocycles. The molecule has 0 amide bonds. The fourth-order valence-corrected chi connectivity index (χ4v) is 24.0. The van der Waals surface area contributed by atoms with Crippen molar-refractivity contribution in [3.63, 3.8) is 0 Å². The fraction of sp³-hybridized carbons (Fsp3) is 0.104. The number of benzene rings is 20. The Morgan fingerprint density at radius 3 is 0.908 bits per heavy atom. The number of rotatable bonds is 14. The highest BCUT2D eigenvalue weighted by Gasteiger charge is 2.54. The van der Waals surface area contributed by atoms with Gasteiger partial charge in [-0.2, -0.15) is 0 Å². The van der Waals surface area contributed by atoms with Crippen molar-refractivity contribution in [3.8, 4) is 77.9 Å². The Hall–Kier alpha value is -15.9. The van der Waals surface area contributed by atoms with Gasteiger partial charge in [0.1, 0.15) is 22.3 Å². The summed E-state index contributed by atoms with van der Waals surface area (Å²) < 4.78 is 27.6. The SMILES string of the molecule is CC1(C)OB(c2cccc3oc4cc5c(cc4c23)-c2ccccc2C5(c2ccccc2)c2ccccc2)OC1(C)C.CC1(C)c2ccccc2-c2ccc(N(c3ccc(-c4ccccc4)cc3)c3ccc(-c4cccc5oc6cc7c(cc6c45)-c4ccccc4C7(c4ccccc4)c4ccccc4)cc3)cc21.CC1(C)c2ccccc2-c2ccc(N(c3ccc(Br)cc3)c3ccc(-c4ccccc4)cc3)cc21.[2H-]. The van der Waals surface area contributed by atoms with Crippen LogP contribution in [0.3, 0.4) is 0 Å². The van der Waals surface area contributed by atoms with Crippen molar-refractivity contribution in [2.75, 3.05) is 9.80 Å². The summed E-state index contributed by atoms with van der Waals surface area (Å²) in [4.78, 5) is 4.75. The van der Waals surface area contributed by atoms with Gasteiger partial charge in [-0.05, 0) is 299 Å². The summed E-state index contributed by atoms with van der Waals surface area (Å²) in [5.41, 5.74) is 42.3. The molecule has 2 aromatic heterocycles. The lowest BCUT2D eigenvalue weighted by molar-refractivity contribution is 0.00578. The third-order valence-electron chi connectivity index (χ3n) is 31.3. The molecule has 0 unspecified atom stereocenters. The van der Waals surface area contributed by atoms with Crippen LogP contribution in [-0.2, 0) is 31.0 Å². The largest absolute Gasteiger partial charge is 1.00 e. The molecule has 0 radical (unpaired) electrons. The molecular weight excluding hydrogens is 1790 g/mol. The zero-order valence-electron chi connectivity index (χ0n) is 81.5. The number of anilines is 6. The molecule has 1 aliphatic heterocycles. The maximum absolute atomic E-state index is 6.89. The van der Waals surface area contributed by atoms with Crippen molar-refractivity contribution in [2.45, 2.75) is 88.3 Å². The monoisotopic (exact) mass is 1890 g/mol. The zero-order valence-corrected chi connectivity index (χ0v) is 82.1. The van der Waals surface area contributed by atoms with Crippen LogP contribution in [0.1, 0.15) is 124 Å². The molecule has 6 nitrogen and oxygen atoms in total. The van der Waals surface area contributed by atoms with Crippen molar-refractivity contribution in [1.29, 1.82) is 0 Å². The van der Waals surface area contributed by atoms with Crippen LogP contribution in [0.15, 0.2) is 486 Å². The first-order valence-electron chi connectivity index (χ1n) is 49.3. The molecule has 1 saturated heterocycles. The van der Waals surface area contributed by atoms with E-state index < -0.39 is 29.2 Å². The smallest absolute Gasteiger partial charge is 0.495 e. The van der Waals surface area contributed by atoms with Crippen LogP contribution in [0, 0.1) is 0 Å². The average Bonchev–Trinajstić information content (AvgIpc) is 1.53. The van der Waals surface area contributed by atoms with E-state index in [9.17, 15) is 0 Å². The lowest BCUT2D eigenvalue weighted by Crippen LogP contribution is -2.41. The van der Waals surface area contributed by atoms with Gasteiger partial charge in [0.05, 0.1) is 22.0 Å². The summed E-state index contributed by atoms with van der Waals surface area (Å²) in [5, 5.41) is 4.39. The Balaban J connectivity index is 0.000000123. The summed E-state index contributed by atoms with van der Waals surface area (Å²) in [6.07, 6.45) is 0. The third kappa shape index (κ3) is 14.1. The minimum absolute atomic E-state index is 0. The second-order valence-electron chi connectivity index (χ2n) is 40.4. The summed E-state index contributed by atoms with van der Waals surface area (Å²) in [6, 6.07) is 172. The van der Waals surface area contributed by atoms with Gasteiger partial charge in [-0.3, -0.25) is 0 Å². The van der Waals surface area contributed by atoms with Crippen LogP contribution in [0.4, 0.5) is 34.1 Å². The fourth-order valence-electron chi connectivity index (χ4n) is 23.8. The lowest BCUT2D eigenvalue weighted by Gasteiger charge is -2.33. The van der Waals surface area contributed by atoms with E-state index in [1.165, 1.54) is 139 Å². The maximum atomic E-state index is 6.89. The molecule has 0 atom stereocenters. The van der Waals surface area contributed by atoms with Gasteiger partial charge >= 0.3 is 7.12 Å². The van der Waals surface area contributed by atoms with E-state index in [4.69, 9.17) is 18.1 Å². The zero-order chi connectivity index (χ0) is 96.0. The summed E-state index contributed by atoms with van der Waals surface area (Å²) in [5.74, 6) is 0. The first kappa shape index (κ1) is 87.6. The van der Waals surface area contributed by atoms with Crippen LogP contribution in [-0.4, -0.2) is 18.3 Å². The topological polar surface area (TPSA) is 51.2 Å². The van der Waals surface area contributed by atoms with E-state index in [0.717, 1.165) is 93.4 Å². The molecule has 0 N–H and O–H groups in total. The van der Waals surface area contributed by atoms with Crippen molar-refractivity contribution >= 4 is 107 Å². The molecule has 684 valence electrons. The highest BCUT2D eigenvalue weighted by atomic mass is 79.9. The predicted octanol–water partition coefficient (Wildman–Crippen LogP) is 35.3. The summed E-state index contributed by atoms with van der Waals surface area (Å²) in [6.45, 7) is 17.7. The number of nitrogens with zero attached hydrogens (tertiary/aromatic N) is 2. The first-order valence-corrected chi connectivity index (χ1v) is 50.1. The van der Waals surface area contributed by atoms with Crippen molar-refractivity contribution < 1.29 is 19.6 Å². The highest BCUT2D eigenvalue weighted by molar-refractivity contribution is 9.10. The van der Waals surface area contributed by atoms with Gasteiger partial charge in [-0.25, -0.2) is 0 Å². The Bertz CT molecular complexity index is 8550. The molecular formula is C134H103BBrN2O4-. The van der Waals surface area contributed by atoms with Gasteiger partial charge < -0.3 is 29.4 Å². The van der Waals surface area contributed by atoms with Gasteiger partial charge in [0.2, 0.25) is 0 Å². The number of furan rings is 2. The summed E-state index contributed by atoms with van der Waals surface area (Å²) >= 11 is 3.60. The number of hydrogen-bond acceptors (Lipinski definition) is 6. The van der Waals surface area contributed by atoms with E-state index in [1.54, 1.807) is 0 Å². The second-order valence-corrected chi connectivity index (χ2v) is 41.3. The predicted molar refractivity (Wildman–Crippen MR) is 594 cm³/mol. The molecule has 8 heteroatoms. The minimum atomic E-state index is -0.493. The molecule has 5 aliphatic rings. The van der Waals surface area contributed by atoms with E-state index in [-0.39, 0.29) is 12.3 Å². The third-order valence-corrected chi connectivity index (χ3v) is 31.9. The quantitative estimate of drug-likeness (QED) is 0.101. The molecule has 20 aromatic carbocycles. The van der Waals surface area contributed by atoms with Gasteiger partial charge in [0.25, 0.3) is 0 Å². The Morgan fingerprint density at radius 1 is 0.218 bits per heavy atom.